The minimum atomic E-state index is -3.55. The molecule has 0 bridgehead atoms. The molecule has 0 aliphatic carbocycles. The van der Waals surface area contributed by atoms with Crippen molar-refractivity contribution in [1.82, 2.24) is 9.62 Å². The summed E-state index contributed by atoms with van der Waals surface area (Å²) in [5.41, 5.74) is 0. The number of nitrogens with zero attached hydrogens (tertiary/aromatic N) is 1. The zero-order valence-corrected chi connectivity index (χ0v) is 15.2. The first-order valence-electron chi connectivity index (χ1n) is 6.49. The van der Waals surface area contributed by atoms with Crippen LogP contribution in [0.15, 0.2) is 27.6 Å². The van der Waals surface area contributed by atoms with E-state index in [1.165, 1.54) is 11.4 Å². The average Bonchev–Trinajstić information content (AvgIpc) is 2.47. The van der Waals surface area contributed by atoms with Crippen molar-refractivity contribution in [3.05, 3.63) is 22.7 Å². The molecule has 0 radical (unpaired) electrons. The third-order valence-electron chi connectivity index (χ3n) is 3.61. The van der Waals surface area contributed by atoms with Crippen LogP contribution in [0.5, 0.6) is 5.75 Å². The van der Waals surface area contributed by atoms with Gasteiger partial charge in [0.05, 0.1) is 7.11 Å². The number of methoxy groups -OCH3 is 1. The molecule has 1 aliphatic heterocycles. The quantitative estimate of drug-likeness (QED) is 0.843. The van der Waals surface area contributed by atoms with Gasteiger partial charge in [-0.3, -0.25) is 0 Å². The van der Waals surface area contributed by atoms with Crippen molar-refractivity contribution in [3.63, 3.8) is 0 Å². The first-order valence-corrected chi connectivity index (χ1v) is 8.72. The molecule has 2 rings (SSSR count). The number of nitrogens with one attached hydrogen (secondary N) is 1. The Balaban J connectivity index is 0.00000220. The number of benzene rings is 1. The SMILES string of the molecule is COc1ccc(Br)cc1S(=O)(=O)N(C)C1CCNCC1.Cl. The number of halogens is 2. The summed E-state index contributed by atoms with van der Waals surface area (Å²) in [7, 11) is -0.430. The molecule has 0 unspecified atom stereocenters. The van der Waals surface area contributed by atoms with Gasteiger partial charge in [0, 0.05) is 17.6 Å². The molecule has 120 valence electrons. The van der Waals surface area contributed by atoms with E-state index in [-0.39, 0.29) is 23.3 Å². The molecule has 1 aliphatic rings. The van der Waals surface area contributed by atoms with Crippen LogP contribution in [-0.2, 0) is 10.0 Å². The molecule has 1 N–H and O–H groups in total. The van der Waals surface area contributed by atoms with Gasteiger partial charge in [0.1, 0.15) is 10.6 Å². The van der Waals surface area contributed by atoms with E-state index in [2.05, 4.69) is 21.2 Å². The van der Waals surface area contributed by atoms with Crippen LogP contribution in [0.1, 0.15) is 12.8 Å². The summed E-state index contributed by atoms with van der Waals surface area (Å²) in [4.78, 5) is 0.204. The molecule has 21 heavy (non-hydrogen) atoms. The highest BCUT2D eigenvalue weighted by Crippen LogP contribution is 2.31. The summed E-state index contributed by atoms with van der Waals surface area (Å²) in [6.07, 6.45) is 1.65. The fraction of sp³-hybridized carbons (Fsp3) is 0.538. The first-order chi connectivity index (χ1) is 9.46. The molecule has 1 saturated heterocycles. The molecule has 1 aromatic rings. The Hall–Kier alpha value is -0.340. The molecule has 0 amide bonds. The maximum absolute atomic E-state index is 12.8. The van der Waals surface area contributed by atoms with Gasteiger partial charge in [0.25, 0.3) is 0 Å². The van der Waals surface area contributed by atoms with Gasteiger partial charge in [-0.25, -0.2) is 8.42 Å². The van der Waals surface area contributed by atoms with Crippen LogP contribution in [0.25, 0.3) is 0 Å². The lowest BCUT2D eigenvalue weighted by Crippen LogP contribution is -2.43. The van der Waals surface area contributed by atoms with Crippen LogP contribution >= 0.6 is 28.3 Å². The van der Waals surface area contributed by atoms with E-state index in [1.807, 2.05) is 0 Å². The lowest BCUT2D eigenvalue weighted by molar-refractivity contribution is 0.295. The molecule has 0 atom stereocenters. The third-order valence-corrected chi connectivity index (χ3v) is 6.03. The number of piperidine rings is 1. The Labute approximate surface area is 140 Å². The Kier molecular flexibility index (Phi) is 6.93. The van der Waals surface area contributed by atoms with Crippen LogP contribution < -0.4 is 10.1 Å². The van der Waals surface area contributed by atoms with Crippen molar-refractivity contribution in [3.8, 4) is 5.75 Å². The smallest absolute Gasteiger partial charge is 0.246 e. The third kappa shape index (κ3) is 4.10. The van der Waals surface area contributed by atoms with Gasteiger partial charge in [-0.05, 0) is 44.1 Å². The molecule has 0 aromatic heterocycles. The number of hydrogen-bond donors (Lipinski definition) is 1. The Bertz CT molecular complexity index is 577. The summed E-state index contributed by atoms with van der Waals surface area (Å²) in [6, 6.07) is 5.05. The van der Waals surface area contributed by atoms with E-state index < -0.39 is 10.0 Å². The Morgan fingerprint density at radius 2 is 1.95 bits per heavy atom. The van der Waals surface area contributed by atoms with Gasteiger partial charge >= 0.3 is 0 Å². The zero-order valence-electron chi connectivity index (χ0n) is 12.0. The molecular formula is C13H20BrClN2O3S. The first kappa shape index (κ1) is 18.7. The van der Waals surface area contributed by atoms with Crippen molar-refractivity contribution in [2.24, 2.45) is 0 Å². The fourth-order valence-electron chi connectivity index (χ4n) is 2.37. The van der Waals surface area contributed by atoms with E-state index in [1.54, 1.807) is 25.2 Å². The van der Waals surface area contributed by atoms with E-state index >= 15 is 0 Å². The van der Waals surface area contributed by atoms with Gasteiger partial charge in [-0.1, -0.05) is 15.9 Å². The van der Waals surface area contributed by atoms with Crippen LogP contribution in [0, 0.1) is 0 Å². The van der Waals surface area contributed by atoms with Crippen LogP contribution in [0.4, 0.5) is 0 Å². The van der Waals surface area contributed by atoms with E-state index in [0.29, 0.717) is 5.75 Å². The second-order valence-corrected chi connectivity index (χ2v) is 7.68. The average molecular weight is 400 g/mol. The highest BCUT2D eigenvalue weighted by atomic mass is 79.9. The van der Waals surface area contributed by atoms with Gasteiger partial charge in [-0.2, -0.15) is 4.31 Å². The summed E-state index contributed by atoms with van der Waals surface area (Å²) >= 11 is 3.31. The van der Waals surface area contributed by atoms with Crippen molar-refractivity contribution < 1.29 is 13.2 Å². The topological polar surface area (TPSA) is 58.6 Å². The Morgan fingerprint density at radius 3 is 2.52 bits per heavy atom. The van der Waals surface area contributed by atoms with Crippen LogP contribution in [0.2, 0.25) is 0 Å². The number of ether oxygens (including phenoxy) is 1. The molecule has 5 nitrogen and oxygen atoms in total. The molecular weight excluding hydrogens is 380 g/mol. The van der Waals surface area contributed by atoms with E-state index in [0.717, 1.165) is 30.4 Å². The summed E-state index contributed by atoms with van der Waals surface area (Å²) in [5.74, 6) is 0.369. The van der Waals surface area contributed by atoms with Gasteiger partial charge < -0.3 is 10.1 Å². The summed E-state index contributed by atoms with van der Waals surface area (Å²) in [6.45, 7) is 1.69. The van der Waals surface area contributed by atoms with Crippen molar-refractivity contribution >= 4 is 38.4 Å². The standard InChI is InChI=1S/C13H19BrN2O3S.ClH/c1-16(11-5-7-15-8-6-11)20(17,18)13-9-10(14)3-4-12(13)19-2;/h3-4,9,11,15H,5-8H2,1-2H3;1H. The minimum absolute atomic E-state index is 0. The van der Waals surface area contributed by atoms with Crippen molar-refractivity contribution in [2.75, 3.05) is 27.2 Å². The zero-order chi connectivity index (χ0) is 14.8. The second-order valence-electron chi connectivity index (χ2n) is 4.80. The largest absolute Gasteiger partial charge is 0.495 e. The van der Waals surface area contributed by atoms with Crippen molar-refractivity contribution in [2.45, 2.75) is 23.8 Å². The molecule has 0 spiro atoms. The van der Waals surface area contributed by atoms with E-state index in [9.17, 15) is 8.42 Å². The normalized spacial score (nSPS) is 16.6. The minimum Gasteiger partial charge on any atom is -0.495 e. The van der Waals surface area contributed by atoms with E-state index in [4.69, 9.17) is 4.74 Å². The molecule has 1 heterocycles. The van der Waals surface area contributed by atoms with Crippen molar-refractivity contribution in [1.29, 1.82) is 0 Å². The predicted octanol–water partition coefficient (Wildman–Crippen LogP) is 2.25. The highest BCUT2D eigenvalue weighted by Gasteiger charge is 2.31. The number of sulfonamides is 1. The predicted molar refractivity (Wildman–Crippen MR) is 88.8 cm³/mol. The summed E-state index contributed by atoms with van der Waals surface area (Å²) in [5, 5.41) is 3.24. The number of hydrogen-bond acceptors (Lipinski definition) is 4. The number of rotatable bonds is 4. The lowest BCUT2D eigenvalue weighted by Gasteiger charge is -2.31. The van der Waals surface area contributed by atoms with Gasteiger partial charge in [-0.15, -0.1) is 12.4 Å². The van der Waals surface area contributed by atoms with Crippen LogP contribution in [0.3, 0.4) is 0 Å². The summed E-state index contributed by atoms with van der Waals surface area (Å²) < 4.78 is 32.9. The fourth-order valence-corrected chi connectivity index (χ4v) is 4.48. The highest BCUT2D eigenvalue weighted by molar-refractivity contribution is 9.10. The Morgan fingerprint density at radius 1 is 1.33 bits per heavy atom. The lowest BCUT2D eigenvalue weighted by atomic mass is 10.1. The maximum Gasteiger partial charge on any atom is 0.246 e. The van der Waals surface area contributed by atoms with Crippen LogP contribution in [-0.4, -0.2) is 46.0 Å². The molecule has 8 heteroatoms. The van der Waals surface area contributed by atoms with Gasteiger partial charge in [0.15, 0.2) is 0 Å². The second kappa shape index (κ2) is 7.78. The maximum atomic E-state index is 12.8. The molecule has 1 fully saturated rings. The molecule has 1 aromatic carbocycles. The molecule has 0 saturated carbocycles. The van der Waals surface area contributed by atoms with Gasteiger partial charge in [0.2, 0.25) is 10.0 Å². The monoisotopic (exact) mass is 398 g/mol.